The molecule has 2 bridgehead atoms. The van der Waals surface area contributed by atoms with Crippen molar-refractivity contribution in [2.45, 2.75) is 37.0 Å². The summed E-state index contributed by atoms with van der Waals surface area (Å²) in [6.07, 6.45) is 6.82. The van der Waals surface area contributed by atoms with Crippen molar-refractivity contribution in [1.82, 2.24) is 9.72 Å². The van der Waals surface area contributed by atoms with Crippen molar-refractivity contribution in [2.75, 3.05) is 11.8 Å². The van der Waals surface area contributed by atoms with Crippen LogP contribution in [0.2, 0.25) is 0 Å². The standard InChI is InChI=1S/C27H26FN3O5S/c1-35-25-14-20(12-19-11-16-2-3-17(19)10-16)22(28)15-24(25)31-23-6-5-21(13-18(23)4-7-27(31)32)37(33,34)30-26-8-9-36-29-26/h4-9,13-17,19H,2-3,10-12H2,1H3,(H,29,30)/t16-,17-,19-/m0/s1. The van der Waals surface area contributed by atoms with Gasteiger partial charge in [0.15, 0.2) is 5.82 Å². The number of nitrogens with one attached hydrogen (secondary N) is 1. The molecule has 0 aliphatic heterocycles. The van der Waals surface area contributed by atoms with E-state index in [0.29, 0.717) is 40.5 Å². The second-order valence-corrected chi connectivity index (χ2v) is 11.7. The molecular weight excluding hydrogens is 497 g/mol. The fourth-order valence-corrected chi connectivity index (χ4v) is 7.12. The van der Waals surface area contributed by atoms with Crippen molar-refractivity contribution < 1.29 is 22.1 Å². The first kappa shape index (κ1) is 23.7. The number of benzene rings is 2. The van der Waals surface area contributed by atoms with Crippen LogP contribution in [0.25, 0.3) is 16.6 Å². The second kappa shape index (κ2) is 9.02. The third kappa shape index (κ3) is 4.29. The zero-order chi connectivity index (χ0) is 25.7. The monoisotopic (exact) mass is 523 g/mol. The molecule has 0 amide bonds. The summed E-state index contributed by atoms with van der Waals surface area (Å²) >= 11 is 0. The number of aromatic nitrogens is 2. The molecule has 2 saturated carbocycles. The van der Waals surface area contributed by atoms with Gasteiger partial charge in [0.1, 0.15) is 17.8 Å². The fourth-order valence-electron chi connectivity index (χ4n) is 6.09. The lowest BCUT2D eigenvalue weighted by molar-refractivity contribution is 0.327. The number of pyridine rings is 1. The van der Waals surface area contributed by atoms with Crippen molar-refractivity contribution in [1.29, 1.82) is 0 Å². The molecule has 2 aromatic heterocycles. The molecule has 0 radical (unpaired) electrons. The maximum atomic E-state index is 15.4. The Kier molecular flexibility index (Phi) is 5.78. The first-order valence-electron chi connectivity index (χ1n) is 12.3. The van der Waals surface area contributed by atoms with Gasteiger partial charge in [-0.1, -0.05) is 11.6 Å². The van der Waals surface area contributed by atoms with Crippen LogP contribution >= 0.6 is 0 Å². The molecule has 3 atom stereocenters. The smallest absolute Gasteiger partial charge is 0.263 e. The van der Waals surface area contributed by atoms with E-state index in [1.54, 1.807) is 6.07 Å². The molecule has 0 saturated heterocycles. The van der Waals surface area contributed by atoms with Gasteiger partial charge in [-0.05, 0) is 79.3 Å². The Bertz CT molecular complexity index is 1650. The van der Waals surface area contributed by atoms with Gasteiger partial charge in [-0.3, -0.25) is 14.1 Å². The van der Waals surface area contributed by atoms with Crippen LogP contribution in [0.1, 0.15) is 31.2 Å². The summed E-state index contributed by atoms with van der Waals surface area (Å²) in [6, 6.07) is 11.6. The molecule has 10 heteroatoms. The summed E-state index contributed by atoms with van der Waals surface area (Å²) < 4.78 is 55.0. The van der Waals surface area contributed by atoms with Crippen LogP contribution in [0, 0.1) is 23.6 Å². The summed E-state index contributed by atoms with van der Waals surface area (Å²) in [7, 11) is -2.45. The van der Waals surface area contributed by atoms with Crippen LogP contribution in [-0.4, -0.2) is 25.3 Å². The van der Waals surface area contributed by atoms with E-state index in [2.05, 4.69) is 14.4 Å². The molecule has 2 aliphatic carbocycles. The molecule has 2 heterocycles. The molecule has 4 aromatic rings. The molecule has 37 heavy (non-hydrogen) atoms. The number of ether oxygens (including phenoxy) is 1. The predicted molar refractivity (Wildman–Crippen MR) is 136 cm³/mol. The summed E-state index contributed by atoms with van der Waals surface area (Å²) in [4.78, 5) is 13.0. The minimum Gasteiger partial charge on any atom is -0.495 e. The zero-order valence-corrected chi connectivity index (χ0v) is 21.0. The van der Waals surface area contributed by atoms with E-state index < -0.39 is 10.0 Å². The molecule has 1 N–H and O–H groups in total. The molecule has 0 unspecified atom stereocenters. The van der Waals surface area contributed by atoms with Gasteiger partial charge in [-0.2, -0.15) is 0 Å². The minimum absolute atomic E-state index is 0.0208. The zero-order valence-electron chi connectivity index (χ0n) is 20.2. The largest absolute Gasteiger partial charge is 0.495 e. The normalized spacial score (nSPS) is 21.0. The van der Waals surface area contributed by atoms with Crippen molar-refractivity contribution in [3.8, 4) is 11.4 Å². The molecule has 6 rings (SSSR count). The van der Waals surface area contributed by atoms with Gasteiger partial charge >= 0.3 is 0 Å². The molecule has 2 aliphatic rings. The first-order valence-corrected chi connectivity index (χ1v) is 13.8. The Morgan fingerprint density at radius 3 is 2.70 bits per heavy atom. The molecule has 0 spiro atoms. The van der Waals surface area contributed by atoms with E-state index in [-0.39, 0.29) is 27.8 Å². The average molecular weight is 524 g/mol. The van der Waals surface area contributed by atoms with Crippen LogP contribution in [0.3, 0.4) is 0 Å². The number of hydrogen-bond donors (Lipinski definition) is 1. The number of fused-ring (bicyclic) bond motifs is 3. The summed E-state index contributed by atoms with van der Waals surface area (Å²) in [6.45, 7) is 0. The lowest BCUT2D eigenvalue weighted by atomic mass is 9.84. The Morgan fingerprint density at radius 1 is 1.14 bits per heavy atom. The van der Waals surface area contributed by atoms with Crippen molar-refractivity contribution in [3.63, 3.8) is 0 Å². The highest BCUT2D eigenvalue weighted by Gasteiger charge is 2.39. The second-order valence-electron chi connectivity index (χ2n) is 9.97. The van der Waals surface area contributed by atoms with Crippen molar-refractivity contribution in [3.05, 3.63) is 76.5 Å². The van der Waals surface area contributed by atoms with Crippen molar-refractivity contribution in [2.24, 2.45) is 17.8 Å². The molecular formula is C27H26FN3O5S. The van der Waals surface area contributed by atoms with Gasteiger partial charge in [0.25, 0.3) is 15.6 Å². The highest BCUT2D eigenvalue weighted by Crippen LogP contribution is 2.49. The van der Waals surface area contributed by atoms with E-state index in [9.17, 15) is 13.2 Å². The topological polar surface area (TPSA) is 103 Å². The number of nitrogens with zero attached hydrogens (tertiary/aromatic N) is 2. The van der Waals surface area contributed by atoms with Crippen LogP contribution in [0.15, 0.2) is 69.0 Å². The van der Waals surface area contributed by atoms with Crippen LogP contribution < -0.4 is 15.0 Å². The van der Waals surface area contributed by atoms with Gasteiger partial charge in [-0.25, -0.2) is 12.8 Å². The summed E-state index contributed by atoms with van der Waals surface area (Å²) in [5.74, 6) is 1.98. The maximum Gasteiger partial charge on any atom is 0.263 e. The molecule has 192 valence electrons. The number of anilines is 1. The van der Waals surface area contributed by atoms with Gasteiger partial charge in [0, 0.05) is 23.6 Å². The summed E-state index contributed by atoms with van der Waals surface area (Å²) in [5, 5.41) is 4.05. The van der Waals surface area contributed by atoms with E-state index in [4.69, 9.17) is 4.74 Å². The van der Waals surface area contributed by atoms with Crippen LogP contribution in [-0.2, 0) is 16.4 Å². The van der Waals surface area contributed by atoms with Crippen LogP contribution in [0.4, 0.5) is 10.2 Å². The van der Waals surface area contributed by atoms with E-state index in [0.717, 1.165) is 12.3 Å². The average Bonchev–Trinajstić information content (AvgIpc) is 3.64. The van der Waals surface area contributed by atoms with E-state index in [1.807, 2.05) is 0 Å². The lowest BCUT2D eigenvalue weighted by Gasteiger charge is -2.23. The van der Waals surface area contributed by atoms with Gasteiger partial charge in [0.05, 0.1) is 23.2 Å². The Balaban J connectivity index is 1.39. The van der Waals surface area contributed by atoms with E-state index >= 15 is 4.39 Å². The number of rotatable bonds is 7. The SMILES string of the molecule is COc1cc(C[C@@H]2C[C@H]3CC[C@H]2C3)c(F)cc1-n1c(=O)ccc2cc(S(=O)(=O)Nc3ccon3)ccc21. The quantitative estimate of drug-likeness (QED) is 0.369. The van der Waals surface area contributed by atoms with E-state index in [1.165, 1.54) is 79.7 Å². The highest BCUT2D eigenvalue weighted by atomic mass is 32.2. The number of methoxy groups -OCH3 is 1. The maximum absolute atomic E-state index is 15.4. The molecule has 8 nitrogen and oxygen atoms in total. The van der Waals surface area contributed by atoms with Gasteiger partial charge in [0.2, 0.25) is 0 Å². The van der Waals surface area contributed by atoms with Crippen LogP contribution in [0.5, 0.6) is 5.75 Å². The predicted octanol–water partition coefficient (Wildman–Crippen LogP) is 4.91. The number of hydrogen-bond acceptors (Lipinski definition) is 6. The highest BCUT2D eigenvalue weighted by molar-refractivity contribution is 7.92. The third-order valence-corrected chi connectivity index (χ3v) is 9.16. The minimum atomic E-state index is -3.95. The Morgan fingerprint density at radius 2 is 2.00 bits per heavy atom. The van der Waals surface area contributed by atoms with Gasteiger partial charge in [-0.15, -0.1) is 0 Å². The number of halogens is 1. The fraction of sp³-hybridized carbons (Fsp3) is 0.333. The first-order chi connectivity index (χ1) is 17.8. The Labute approximate surface area is 213 Å². The summed E-state index contributed by atoms with van der Waals surface area (Å²) in [5.41, 5.74) is 0.899. The molecule has 2 fully saturated rings. The number of sulfonamides is 1. The lowest BCUT2D eigenvalue weighted by Crippen LogP contribution is -2.19. The van der Waals surface area contributed by atoms with Crippen molar-refractivity contribution >= 4 is 26.7 Å². The van der Waals surface area contributed by atoms with Gasteiger partial charge < -0.3 is 9.26 Å². The molecule has 2 aromatic carbocycles. The third-order valence-electron chi connectivity index (χ3n) is 7.81. The Hall–Kier alpha value is -3.66.